The van der Waals surface area contributed by atoms with Gasteiger partial charge in [-0.3, -0.25) is 5.41 Å². The predicted octanol–water partition coefficient (Wildman–Crippen LogP) is 7.50. The van der Waals surface area contributed by atoms with Gasteiger partial charge in [-0.2, -0.15) is 0 Å². The molecule has 0 amide bonds. The number of nitrogens with one attached hydrogen (secondary N) is 1. The molecule has 2 fully saturated rings. The minimum Gasteiger partial charge on any atom is -0.493 e. The van der Waals surface area contributed by atoms with Gasteiger partial charge in [-0.1, -0.05) is 26.8 Å². The maximum absolute atomic E-state index is 8.85. The van der Waals surface area contributed by atoms with Crippen molar-refractivity contribution in [1.82, 2.24) is 14.5 Å². The highest BCUT2D eigenvalue weighted by Gasteiger charge is 2.28. The number of para-hydroxylation sites is 2. The lowest BCUT2D eigenvalue weighted by Crippen LogP contribution is -2.30. The number of rotatable bonds is 6. The highest BCUT2D eigenvalue weighted by Crippen LogP contribution is 2.48. The monoisotopic (exact) mass is 558 g/mol. The Morgan fingerprint density at radius 3 is 2.58 bits per heavy atom. The van der Waals surface area contributed by atoms with Crippen LogP contribution in [0.2, 0.25) is 0 Å². The third-order valence-electron chi connectivity index (χ3n) is 7.56. The van der Waals surface area contributed by atoms with E-state index in [1.54, 1.807) is 7.11 Å². The van der Waals surface area contributed by atoms with Crippen molar-refractivity contribution in [2.24, 2.45) is 0 Å². The van der Waals surface area contributed by atoms with E-state index in [1.165, 1.54) is 47.8 Å². The van der Waals surface area contributed by atoms with Crippen LogP contribution in [0, 0.1) is 5.41 Å². The Labute approximate surface area is 238 Å². The Kier molecular flexibility index (Phi) is 7.35. The van der Waals surface area contributed by atoms with Gasteiger partial charge >= 0.3 is 0 Å². The van der Waals surface area contributed by atoms with Crippen molar-refractivity contribution >= 4 is 31.2 Å². The van der Waals surface area contributed by atoms with E-state index in [-0.39, 0.29) is 12.1 Å². The van der Waals surface area contributed by atoms with Crippen LogP contribution in [-0.4, -0.2) is 45.4 Å². The van der Waals surface area contributed by atoms with Gasteiger partial charge < -0.3 is 19.1 Å². The minimum atomic E-state index is -0.479. The maximum atomic E-state index is 8.85. The molecule has 2 heterocycles. The Morgan fingerprint density at radius 1 is 1.07 bits per heavy atom. The number of ether oxygens (including phenoxy) is 3. The van der Waals surface area contributed by atoms with Crippen LogP contribution in [0.25, 0.3) is 16.6 Å². The van der Waals surface area contributed by atoms with E-state index in [0.717, 1.165) is 47.4 Å². The summed E-state index contributed by atoms with van der Waals surface area (Å²) < 4.78 is 19.9. The van der Waals surface area contributed by atoms with Crippen LogP contribution >= 0.6 is 8.58 Å². The molecule has 0 saturated heterocycles. The molecule has 1 atom stereocenters. The van der Waals surface area contributed by atoms with E-state index < -0.39 is 5.60 Å². The zero-order valence-electron chi connectivity index (χ0n) is 23.9. The summed E-state index contributed by atoms with van der Waals surface area (Å²) in [5.74, 6) is 2.43. The van der Waals surface area contributed by atoms with Crippen LogP contribution in [0.3, 0.4) is 0 Å². The fourth-order valence-corrected chi connectivity index (χ4v) is 7.06. The zero-order chi connectivity index (χ0) is 27.9. The quantitative estimate of drug-likeness (QED) is 0.193. The molecule has 0 bridgehead atoms. The summed E-state index contributed by atoms with van der Waals surface area (Å²) in [4.78, 5) is 7.34. The molecule has 0 spiro atoms. The van der Waals surface area contributed by atoms with E-state index in [0.29, 0.717) is 15.1 Å². The van der Waals surface area contributed by atoms with Gasteiger partial charge in [0, 0.05) is 11.6 Å². The number of hydrogen-bond donors (Lipinski definition) is 1. The summed E-state index contributed by atoms with van der Waals surface area (Å²) in [7, 11) is 2.40. The summed E-state index contributed by atoms with van der Waals surface area (Å²) in [6.07, 6.45) is 10.6. The highest BCUT2D eigenvalue weighted by molar-refractivity contribution is 7.43. The van der Waals surface area contributed by atoms with Gasteiger partial charge in [0.2, 0.25) is 0 Å². The number of hydrogen-bond acceptors (Lipinski definition) is 6. The third kappa shape index (κ3) is 5.76. The second-order valence-electron chi connectivity index (χ2n) is 11.8. The molecule has 2 aliphatic carbocycles. The Hall–Kier alpha value is -3.31. The van der Waals surface area contributed by atoms with Crippen molar-refractivity contribution in [3.05, 3.63) is 71.1 Å². The molecule has 3 aliphatic rings. The lowest BCUT2D eigenvalue weighted by atomic mass is 10.1. The van der Waals surface area contributed by atoms with E-state index >= 15 is 0 Å². The first kappa shape index (κ1) is 26.9. The van der Waals surface area contributed by atoms with Crippen LogP contribution in [0.1, 0.15) is 70.7 Å². The zero-order valence-corrected chi connectivity index (χ0v) is 24.9. The normalized spacial score (nSPS) is 18.4. The molecule has 7 nitrogen and oxygen atoms in total. The van der Waals surface area contributed by atoms with E-state index in [9.17, 15) is 0 Å². The van der Waals surface area contributed by atoms with E-state index in [1.807, 2.05) is 55.7 Å². The highest BCUT2D eigenvalue weighted by atomic mass is 31.1. The molecular formula is C32H39N4O3P. The molecular weight excluding hydrogens is 519 g/mol. The van der Waals surface area contributed by atoms with Crippen molar-refractivity contribution in [3.63, 3.8) is 0 Å². The fraction of sp³-hybridized carbons (Fsp3) is 0.438. The third-order valence-corrected chi connectivity index (χ3v) is 9.09. The minimum absolute atomic E-state index is 0.101. The van der Waals surface area contributed by atoms with Gasteiger partial charge in [-0.25, -0.2) is 9.55 Å². The van der Waals surface area contributed by atoms with Gasteiger partial charge in [-0.05, 0) is 106 Å². The largest absolute Gasteiger partial charge is 0.493 e. The molecule has 3 aromatic rings. The van der Waals surface area contributed by atoms with Gasteiger partial charge in [0.25, 0.3) is 6.02 Å². The Balaban J connectivity index is 1.35. The molecule has 40 heavy (non-hydrogen) atoms. The molecule has 210 valence electrons. The van der Waals surface area contributed by atoms with Crippen molar-refractivity contribution < 1.29 is 14.2 Å². The maximum Gasteiger partial charge on any atom is 0.295 e. The standard InChI is InChI=1S/C32H39N4O3P/c1-32(2,3)39-31(33)36-26-12-8-7-11-25(26)34-29(36)19-35-18-23(20-40-30(35)21-13-14-21)22-15-16-27(37-4)28(17-22)38-24-9-5-6-10-24/h7-8,11-12,15-18,24,33,40H,5-6,9-10,13-14,19-20H2,1-4H3. The number of fused-ring (bicyclic) bond motifs is 1. The molecule has 2 aromatic carbocycles. The number of allylic oxidation sites excluding steroid dienone is 2. The van der Waals surface area contributed by atoms with Crippen molar-refractivity contribution in [3.8, 4) is 11.5 Å². The summed E-state index contributed by atoms with van der Waals surface area (Å²) in [6, 6.07) is 14.4. The number of benzene rings is 2. The molecule has 1 aromatic heterocycles. The lowest BCUT2D eigenvalue weighted by molar-refractivity contribution is 0.108. The Morgan fingerprint density at radius 2 is 1.85 bits per heavy atom. The van der Waals surface area contributed by atoms with Crippen LogP contribution in [0.4, 0.5) is 0 Å². The van der Waals surface area contributed by atoms with Gasteiger partial charge in [0.1, 0.15) is 11.4 Å². The first-order valence-corrected chi connectivity index (χ1v) is 15.5. The van der Waals surface area contributed by atoms with Crippen molar-refractivity contribution in [2.45, 2.75) is 77.5 Å². The summed E-state index contributed by atoms with van der Waals surface area (Å²) >= 11 is 0. The molecule has 1 N–H and O–H groups in total. The van der Waals surface area contributed by atoms with Gasteiger partial charge in [-0.15, -0.1) is 0 Å². The smallest absolute Gasteiger partial charge is 0.295 e. The number of imidazole rings is 1. The van der Waals surface area contributed by atoms with Crippen LogP contribution in [0.5, 0.6) is 11.5 Å². The SMILES string of the molecule is COc1ccc(C2=CN(Cc3nc4ccccc4n3C(=N)OC(C)(C)C)C(=C3CC3)PC2)cc1OC1CCCC1. The van der Waals surface area contributed by atoms with Gasteiger partial charge in [0.05, 0.1) is 30.8 Å². The molecule has 1 aliphatic heterocycles. The summed E-state index contributed by atoms with van der Waals surface area (Å²) in [6.45, 7) is 6.48. The predicted molar refractivity (Wildman–Crippen MR) is 163 cm³/mol. The van der Waals surface area contributed by atoms with E-state index in [2.05, 4.69) is 23.2 Å². The Bertz CT molecular complexity index is 1490. The second-order valence-corrected chi connectivity index (χ2v) is 13.0. The average Bonchev–Trinajstić information content (AvgIpc) is 3.51. The van der Waals surface area contributed by atoms with Crippen LogP contribution in [0.15, 0.2) is 59.7 Å². The summed E-state index contributed by atoms with van der Waals surface area (Å²) in [5, 5.41) is 8.85. The van der Waals surface area contributed by atoms with Crippen molar-refractivity contribution in [2.75, 3.05) is 13.3 Å². The van der Waals surface area contributed by atoms with E-state index in [4.69, 9.17) is 24.6 Å². The second kappa shape index (κ2) is 10.9. The van der Waals surface area contributed by atoms with Crippen LogP contribution in [-0.2, 0) is 11.3 Å². The molecule has 8 heteroatoms. The average molecular weight is 559 g/mol. The number of aromatic nitrogens is 2. The first-order valence-electron chi connectivity index (χ1n) is 14.3. The lowest BCUT2D eigenvalue weighted by Gasteiger charge is -2.30. The molecule has 0 radical (unpaired) electrons. The number of methoxy groups -OCH3 is 1. The topological polar surface area (TPSA) is 72.6 Å². The fourth-order valence-electron chi connectivity index (χ4n) is 5.56. The first-order chi connectivity index (χ1) is 19.3. The molecule has 1 unspecified atom stereocenters. The van der Waals surface area contributed by atoms with Crippen LogP contribution < -0.4 is 9.47 Å². The van der Waals surface area contributed by atoms with Crippen molar-refractivity contribution in [1.29, 1.82) is 5.41 Å². The van der Waals surface area contributed by atoms with Gasteiger partial charge in [0.15, 0.2) is 11.5 Å². The summed E-state index contributed by atoms with van der Waals surface area (Å²) in [5.41, 5.74) is 6.69. The molecule has 6 rings (SSSR count). The number of nitrogens with zero attached hydrogens (tertiary/aromatic N) is 3. The molecule has 2 saturated carbocycles.